The van der Waals surface area contributed by atoms with Gasteiger partial charge in [-0.1, -0.05) is 18.2 Å². The Labute approximate surface area is 157 Å². The first-order valence-electron chi connectivity index (χ1n) is 8.55. The lowest BCUT2D eigenvalue weighted by atomic mass is 10.1. The van der Waals surface area contributed by atoms with E-state index in [1.807, 2.05) is 30.3 Å². The second kappa shape index (κ2) is 8.48. The molecule has 2 aromatic rings. The third-order valence-electron chi connectivity index (χ3n) is 3.41. The molecule has 0 aliphatic carbocycles. The van der Waals surface area contributed by atoms with E-state index in [1.54, 1.807) is 37.8 Å². The molecule has 0 bridgehead atoms. The molecule has 1 aromatic carbocycles. The van der Waals surface area contributed by atoms with Gasteiger partial charge in [-0.2, -0.15) is 5.10 Å². The molecular weight excluding hydrogens is 348 g/mol. The van der Waals surface area contributed by atoms with Gasteiger partial charge in [0.1, 0.15) is 0 Å². The molecule has 2 N–H and O–H groups in total. The molecule has 0 aliphatic heterocycles. The molecule has 1 unspecified atom stereocenters. The summed E-state index contributed by atoms with van der Waals surface area (Å²) in [5, 5.41) is 8.95. The Hall–Kier alpha value is -3.16. The zero-order valence-electron chi connectivity index (χ0n) is 15.9. The highest BCUT2D eigenvalue weighted by molar-refractivity contribution is 5.97. The first-order chi connectivity index (χ1) is 12.6. The monoisotopic (exact) mass is 372 g/mol. The van der Waals surface area contributed by atoms with Crippen molar-refractivity contribution in [3.05, 3.63) is 48.3 Å². The summed E-state index contributed by atoms with van der Waals surface area (Å²) in [6.07, 6.45) is 2.17. The van der Waals surface area contributed by atoms with E-state index in [0.29, 0.717) is 5.56 Å². The van der Waals surface area contributed by atoms with E-state index in [9.17, 15) is 14.4 Å². The summed E-state index contributed by atoms with van der Waals surface area (Å²) in [5.74, 6) is -1.27. The molecule has 1 aromatic heterocycles. The third-order valence-corrected chi connectivity index (χ3v) is 3.41. The van der Waals surface area contributed by atoms with Crippen LogP contribution in [0.15, 0.2) is 42.7 Å². The number of aromatic nitrogens is 2. The van der Waals surface area contributed by atoms with Gasteiger partial charge >= 0.3 is 12.0 Å². The minimum atomic E-state index is -1.09. The number of hydrogen-bond donors (Lipinski definition) is 2. The fourth-order valence-electron chi connectivity index (χ4n) is 2.22. The van der Waals surface area contributed by atoms with Crippen molar-refractivity contribution in [3.8, 4) is 5.69 Å². The lowest BCUT2D eigenvalue weighted by molar-refractivity contribution is -0.153. The van der Waals surface area contributed by atoms with Gasteiger partial charge in [0, 0.05) is 17.3 Å². The minimum absolute atomic E-state index is 0.0291. The lowest BCUT2D eigenvalue weighted by Gasteiger charge is -2.21. The Morgan fingerprint density at radius 1 is 1.19 bits per heavy atom. The molecule has 0 radical (unpaired) electrons. The van der Waals surface area contributed by atoms with E-state index in [0.717, 1.165) is 5.69 Å². The second-order valence-corrected chi connectivity index (χ2v) is 7.13. The molecule has 0 saturated heterocycles. The smallest absolute Gasteiger partial charge is 0.321 e. The SMILES string of the molecule is CC(OC(=O)Cc1cnn(-c2ccccc2)c1)C(=O)NC(=O)NC(C)(C)C. The van der Waals surface area contributed by atoms with Gasteiger partial charge in [0.25, 0.3) is 5.91 Å². The Bertz CT molecular complexity index is 809. The summed E-state index contributed by atoms with van der Waals surface area (Å²) < 4.78 is 6.74. The molecule has 0 saturated carbocycles. The molecule has 1 atom stereocenters. The van der Waals surface area contributed by atoms with Crippen LogP contribution in [0.5, 0.6) is 0 Å². The number of amides is 3. The largest absolute Gasteiger partial charge is 0.452 e. The average molecular weight is 372 g/mol. The number of esters is 1. The van der Waals surface area contributed by atoms with Gasteiger partial charge in [-0.3, -0.25) is 14.9 Å². The van der Waals surface area contributed by atoms with E-state index in [-0.39, 0.29) is 6.42 Å². The van der Waals surface area contributed by atoms with Crippen LogP contribution in [0.25, 0.3) is 5.69 Å². The Balaban J connectivity index is 1.85. The van der Waals surface area contributed by atoms with Crippen LogP contribution in [0.2, 0.25) is 0 Å². The van der Waals surface area contributed by atoms with E-state index in [4.69, 9.17) is 4.74 Å². The van der Waals surface area contributed by atoms with Gasteiger partial charge in [-0.05, 0) is 39.8 Å². The number of ether oxygens (including phenoxy) is 1. The normalized spacial score (nSPS) is 12.1. The fraction of sp³-hybridized carbons (Fsp3) is 0.368. The number of hydrogen-bond acceptors (Lipinski definition) is 5. The lowest BCUT2D eigenvalue weighted by Crippen LogP contribution is -2.50. The van der Waals surface area contributed by atoms with Crippen molar-refractivity contribution in [1.29, 1.82) is 0 Å². The number of rotatable bonds is 5. The van der Waals surface area contributed by atoms with Gasteiger partial charge in [0.15, 0.2) is 6.10 Å². The topological polar surface area (TPSA) is 102 Å². The number of urea groups is 1. The molecule has 3 amide bonds. The van der Waals surface area contributed by atoms with Crippen LogP contribution in [-0.4, -0.2) is 39.3 Å². The standard InChI is InChI=1S/C19H24N4O4/c1-13(17(25)21-18(26)22-19(2,3)4)27-16(24)10-14-11-20-23(12-14)15-8-6-5-7-9-15/h5-9,11-13H,10H2,1-4H3,(H2,21,22,25,26). The maximum absolute atomic E-state index is 12.0. The number of nitrogens with zero attached hydrogens (tertiary/aromatic N) is 2. The van der Waals surface area contributed by atoms with Crippen molar-refractivity contribution < 1.29 is 19.1 Å². The molecule has 2 rings (SSSR count). The predicted octanol–water partition coefficient (Wildman–Crippen LogP) is 1.97. The summed E-state index contributed by atoms with van der Waals surface area (Å²) in [4.78, 5) is 35.7. The van der Waals surface area contributed by atoms with Crippen LogP contribution in [-0.2, 0) is 20.7 Å². The Morgan fingerprint density at radius 2 is 1.85 bits per heavy atom. The van der Waals surface area contributed by atoms with Crippen LogP contribution in [0.4, 0.5) is 4.79 Å². The summed E-state index contributed by atoms with van der Waals surface area (Å²) in [6, 6.07) is 8.83. The van der Waals surface area contributed by atoms with E-state index >= 15 is 0 Å². The van der Waals surface area contributed by atoms with Gasteiger partial charge < -0.3 is 10.1 Å². The summed E-state index contributed by atoms with van der Waals surface area (Å²) in [7, 11) is 0. The fourth-order valence-corrected chi connectivity index (χ4v) is 2.22. The zero-order valence-corrected chi connectivity index (χ0v) is 15.9. The van der Waals surface area contributed by atoms with Crippen LogP contribution >= 0.6 is 0 Å². The molecule has 8 nitrogen and oxygen atoms in total. The molecule has 27 heavy (non-hydrogen) atoms. The highest BCUT2D eigenvalue weighted by atomic mass is 16.5. The summed E-state index contributed by atoms with van der Waals surface area (Å²) >= 11 is 0. The highest BCUT2D eigenvalue weighted by Gasteiger charge is 2.22. The molecule has 144 valence electrons. The maximum Gasteiger partial charge on any atom is 0.321 e. The minimum Gasteiger partial charge on any atom is -0.452 e. The van der Waals surface area contributed by atoms with Crippen LogP contribution in [0, 0.1) is 0 Å². The van der Waals surface area contributed by atoms with Crippen molar-refractivity contribution >= 4 is 17.9 Å². The van der Waals surface area contributed by atoms with E-state index < -0.39 is 29.6 Å². The van der Waals surface area contributed by atoms with Crippen molar-refractivity contribution in [2.45, 2.75) is 45.8 Å². The quantitative estimate of drug-likeness (QED) is 0.781. The first-order valence-corrected chi connectivity index (χ1v) is 8.55. The van der Waals surface area contributed by atoms with Gasteiger partial charge in [0.05, 0.1) is 18.3 Å². The van der Waals surface area contributed by atoms with E-state index in [2.05, 4.69) is 15.7 Å². The second-order valence-electron chi connectivity index (χ2n) is 7.13. The van der Waals surface area contributed by atoms with Gasteiger partial charge in [0.2, 0.25) is 0 Å². The predicted molar refractivity (Wildman–Crippen MR) is 99.2 cm³/mol. The molecular formula is C19H24N4O4. The molecule has 8 heteroatoms. The summed E-state index contributed by atoms with van der Waals surface area (Å²) in [5.41, 5.74) is 1.04. The maximum atomic E-state index is 12.0. The molecule has 0 aliphatic rings. The van der Waals surface area contributed by atoms with Gasteiger partial charge in [-0.15, -0.1) is 0 Å². The van der Waals surface area contributed by atoms with Crippen LogP contribution < -0.4 is 10.6 Å². The Morgan fingerprint density at radius 3 is 2.48 bits per heavy atom. The zero-order chi connectivity index (χ0) is 20.0. The van der Waals surface area contributed by atoms with Crippen molar-refractivity contribution in [2.75, 3.05) is 0 Å². The van der Waals surface area contributed by atoms with E-state index in [1.165, 1.54) is 6.92 Å². The number of nitrogens with one attached hydrogen (secondary N) is 2. The number of imide groups is 1. The van der Waals surface area contributed by atoms with Crippen molar-refractivity contribution in [1.82, 2.24) is 20.4 Å². The highest BCUT2D eigenvalue weighted by Crippen LogP contribution is 2.09. The van der Waals surface area contributed by atoms with Gasteiger partial charge in [-0.25, -0.2) is 9.48 Å². The number of benzene rings is 1. The first kappa shape index (κ1) is 20.2. The molecule has 0 fully saturated rings. The number of carbonyl (C=O) groups excluding carboxylic acids is 3. The average Bonchev–Trinajstić information content (AvgIpc) is 3.02. The van der Waals surface area contributed by atoms with Crippen molar-refractivity contribution in [2.24, 2.45) is 0 Å². The van der Waals surface area contributed by atoms with Crippen molar-refractivity contribution in [3.63, 3.8) is 0 Å². The number of para-hydroxylation sites is 1. The molecule has 1 heterocycles. The summed E-state index contributed by atoms with van der Waals surface area (Å²) in [6.45, 7) is 6.77. The number of carbonyl (C=O) groups is 3. The third kappa shape index (κ3) is 6.58. The Kier molecular flexibility index (Phi) is 6.33. The van der Waals surface area contributed by atoms with Crippen LogP contribution in [0.3, 0.4) is 0 Å². The molecule has 0 spiro atoms. The van der Waals surface area contributed by atoms with Crippen LogP contribution in [0.1, 0.15) is 33.3 Å².